The fraction of sp³-hybridized carbons (Fsp3) is 1.00. The fourth-order valence-electron chi connectivity index (χ4n) is 3.64. The van der Waals surface area contributed by atoms with Gasteiger partial charge in [0.15, 0.2) is 0 Å². The van der Waals surface area contributed by atoms with Gasteiger partial charge in [0.1, 0.15) is 0 Å². The van der Waals surface area contributed by atoms with E-state index in [0.29, 0.717) is 39.6 Å². The zero-order valence-corrected chi connectivity index (χ0v) is 16.2. The van der Waals surface area contributed by atoms with Crippen LogP contribution in [0.4, 0.5) is 0 Å². The fourth-order valence-corrected chi connectivity index (χ4v) is 9.87. The Morgan fingerprint density at radius 3 is 0.958 bits per heavy atom. The third-order valence-corrected chi connectivity index (χ3v) is 11.2. The predicted molar refractivity (Wildman–Crippen MR) is 89.7 cm³/mol. The number of nitrogens with zero attached hydrogens (tertiary/aromatic N) is 2. The highest BCUT2D eigenvalue weighted by molar-refractivity contribution is 6.66. The smallest absolute Gasteiger partial charge is 0.372 e. The molecule has 0 unspecified atom stereocenters. The van der Waals surface area contributed by atoms with Gasteiger partial charge in [0.25, 0.3) is 0 Å². The van der Waals surface area contributed by atoms with Crippen LogP contribution in [0.25, 0.3) is 0 Å². The van der Waals surface area contributed by atoms with Crippen LogP contribution >= 0.6 is 0 Å². The lowest BCUT2D eigenvalue weighted by atomic mass is 10.4. The minimum Gasteiger partial charge on any atom is -0.372 e. The molecule has 138 valence electrons. The van der Waals surface area contributed by atoms with Gasteiger partial charge in [-0.15, -0.1) is 0 Å². The van der Waals surface area contributed by atoms with Gasteiger partial charge in [-0.3, -0.25) is 9.80 Å². The zero-order valence-electron chi connectivity index (χ0n) is 14.2. The Bertz CT molecular complexity index is 341. The highest BCUT2D eigenvalue weighted by atomic mass is 28.4. The largest absolute Gasteiger partial charge is 0.501 e. The number of rotatable bonds is 3. The second-order valence-electron chi connectivity index (χ2n) is 6.64. The summed E-state index contributed by atoms with van der Waals surface area (Å²) in [6, 6.07) is 1.45. The molecule has 24 heavy (non-hydrogen) atoms. The summed E-state index contributed by atoms with van der Waals surface area (Å²) in [5.41, 5.74) is 0. The molecule has 8 nitrogen and oxygen atoms in total. The third kappa shape index (κ3) is 4.09. The normalized spacial score (nSPS) is 44.0. The van der Waals surface area contributed by atoms with Crippen molar-refractivity contribution in [1.29, 1.82) is 0 Å². The van der Waals surface area contributed by atoms with E-state index < -0.39 is 17.6 Å². The maximum atomic E-state index is 6.12. The van der Waals surface area contributed by atoms with Crippen LogP contribution < -0.4 is 0 Å². The average molecular weight is 377 g/mol. The molecular formula is C14H28N2O6Si2. The molecule has 6 aliphatic rings. The summed E-state index contributed by atoms with van der Waals surface area (Å²) in [6.45, 7) is 9.84. The van der Waals surface area contributed by atoms with Crippen molar-refractivity contribution < 1.29 is 26.6 Å². The topological polar surface area (TPSA) is 61.9 Å². The molecular weight excluding hydrogens is 348 g/mol. The van der Waals surface area contributed by atoms with Gasteiger partial charge in [-0.25, -0.2) is 0 Å². The second kappa shape index (κ2) is 7.78. The minimum atomic E-state index is -2.65. The highest BCUT2D eigenvalue weighted by Crippen LogP contribution is 2.29. The van der Waals surface area contributed by atoms with Gasteiger partial charge in [-0.2, -0.15) is 0 Å². The van der Waals surface area contributed by atoms with Crippen LogP contribution in [0.15, 0.2) is 0 Å². The van der Waals surface area contributed by atoms with Gasteiger partial charge >= 0.3 is 17.6 Å². The van der Waals surface area contributed by atoms with Gasteiger partial charge in [-0.1, -0.05) is 0 Å². The maximum absolute atomic E-state index is 6.12. The van der Waals surface area contributed by atoms with Gasteiger partial charge in [0.05, 0.1) is 39.6 Å². The van der Waals surface area contributed by atoms with Crippen molar-refractivity contribution in [3.05, 3.63) is 0 Å². The summed E-state index contributed by atoms with van der Waals surface area (Å²) in [4.78, 5) is 4.66. The van der Waals surface area contributed by atoms with E-state index in [-0.39, 0.29) is 0 Å². The van der Waals surface area contributed by atoms with Crippen molar-refractivity contribution in [1.82, 2.24) is 9.80 Å². The lowest BCUT2D eigenvalue weighted by Gasteiger charge is -2.41. The third-order valence-electron chi connectivity index (χ3n) is 5.11. The van der Waals surface area contributed by atoms with Crippen LogP contribution in [-0.4, -0.2) is 106 Å². The lowest BCUT2D eigenvalue weighted by molar-refractivity contribution is -0.0171. The molecule has 6 aliphatic heterocycles. The minimum absolute atomic E-state index is 0.679. The first-order valence-corrected chi connectivity index (χ1v) is 12.9. The first-order chi connectivity index (χ1) is 11.8. The van der Waals surface area contributed by atoms with Gasteiger partial charge in [0, 0.05) is 51.4 Å². The number of fused-ring (bicyclic) bond motifs is 12. The van der Waals surface area contributed by atoms with Crippen molar-refractivity contribution in [2.45, 2.75) is 12.1 Å². The molecule has 0 aromatic carbocycles. The molecule has 0 aliphatic carbocycles. The Balaban J connectivity index is 1.43. The lowest BCUT2D eigenvalue weighted by Crippen LogP contribution is -2.58. The van der Waals surface area contributed by atoms with Crippen LogP contribution in [0.3, 0.4) is 0 Å². The summed E-state index contributed by atoms with van der Waals surface area (Å²) in [7, 11) is -5.29. The molecule has 6 saturated heterocycles. The number of hydrogen-bond acceptors (Lipinski definition) is 8. The Labute approximate surface area is 145 Å². The number of hydrogen-bond donors (Lipinski definition) is 0. The summed E-state index contributed by atoms with van der Waals surface area (Å²) >= 11 is 0. The molecule has 0 amide bonds. The van der Waals surface area contributed by atoms with E-state index in [1.165, 1.54) is 0 Å². The van der Waals surface area contributed by atoms with E-state index in [2.05, 4.69) is 9.80 Å². The van der Waals surface area contributed by atoms with Crippen molar-refractivity contribution in [2.75, 3.05) is 78.9 Å². The van der Waals surface area contributed by atoms with Crippen molar-refractivity contribution in [3.8, 4) is 0 Å². The van der Waals surface area contributed by atoms with Crippen molar-refractivity contribution in [2.24, 2.45) is 0 Å². The van der Waals surface area contributed by atoms with E-state index in [0.717, 1.165) is 51.4 Å². The molecule has 0 spiro atoms. The van der Waals surface area contributed by atoms with Crippen molar-refractivity contribution >= 4 is 17.6 Å². The quantitative estimate of drug-likeness (QED) is 0.618. The molecule has 0 saturated carbocycles. The van der Waals surface area contributed by atoms with E-state index in [1.807, 2.05) is 0 Å². The maximum Gasteiger partial charge on any atom is 0.501 e. The van der Waals surface area contributed by atoms with Crippen molar-refractivity contribution in [3.63, 3.8) is 0 Å². The van der Waals surface area contributed by atoms with E-state index in [9.17, 15) is 0 Å². The molecule has 0 aromatic rings. The predicted octanol–water partition coefficient (Wildman–Crippen LogP) is -0.378. The Kier molecular flexibility index (Phi) is 5.68. The monoisotopic (exact) mass is 376 g/mol. The molecule has 0 atom stereocenters. The SMILES string of the molecule is C1CN2CCO[Si](CC[Si]34OCCN(CCO3)CCO4)(O1)OCC2. The molecule has 10 heteroatoms. The standard InChI is InChI=1S/C14H28N2O6Si2/c1-7-17-23(18-8-2-15(1)3-9-19-23)13-14-24-20-10-4-16(5-11-21-24)6-12-22-24/h1-14H2. The van der Waals surface area contributed by atoms with E-state index in [1.54, 1.807) is 0 Å². The molecule has 0 N–H and O–H groups in total. The highest BCUT2D eigenvalue weighted by Gasteiger charge is 2.51. The Morgan fingerprint density at radius 2 is 0.708 bits per heavy atom. The van der Waals surface area contributed by atoms with Gasteiger partial charge in [0.2, 0.25) is 0 Å². The molecule has 6 heterocycles. The molecule has 6 rings (SSSR count). The van der Waals surface area contributed by atoms with Crippen LogP contribution in [0.1, 0.15) is 0 Å². The molecule has 6 fully saturated rings. The average Bonchev–Trinajstić information content (AvgIpc) is 2.45. The summed E-state index contributed by atoms with van der Waals surface area (Å²) in [5.74, 6) is 0. The molecule has 4 bridgehead atoms. The van der Waals surface area contributed by atoms with Gasteiger partial charge < -0.3 is 26.6 Å². The van der Waals surface area contributed by atoms with Crippen LogP contribution in [-0.2, 0) is 26.6 Å². The van der Waals surface area contributed by atoms with Gasteiger partial charge in [-0.05, 0) is 0 Å². The Hall–Kier alpha value is 0.114. The summed E-state index contributed by atoms with van der Waals surface area (Å²) < 4.78 is 36.7. The summed E-state index contributed by atoms with van der Waals surface area (Å²) in [5, 5.41) is 0. The summed E-state index contributed by atoms with van der Waals surface area (Å²) in [6.07, 6.45) is 0. The molecule has 0 aromatic heterocycles. The van der Waals surface area contributed by atoms with Crippen LogP contribution in [0.2, 0.25) is 12.1 Å². The molecule has 0 radical (unpaired) electrons. The Morgan fingerprint density at radius 1 is 0.458 bits per heavy atom. The second-order valence-corrected chi connectivity index (χ2v) is 12.1. The van der Waals surface area contributed by atoms with E-state index in [4.69, 9.17) is 26.6 Å². The van der Waals surface area contributed by atoms with Crippen LogP contribution in [0.5, 0.6) is 0 Å². The zero-order chi connectivity index (χ0) is 16.3. The first-order valence-electron chi connectivity index (χ1n) is 9.06. The van der Waals surface area contributed by atoms with Crippen LogP contribution in [0, 0.1) is 0 Å². The first kappa shape index (κ1) is 17.5. The van der Waals surface area contributed by atoms with E-state index >= 15 is 0 Å².